The lowest BCUT2D eigenvalue weighted by molar-refractivity contribution is -0.328. The molecule has 26 heavy (non-hydrogen) atoms. The first-order valence-corrected chi connectivity index (χ1v) is 8.76. The smallest absolute Gasteiger partial charge is 0.465 e. The Labute approximate surface area is 153 Å². The number of halogens is 3. The highest BCUT2D eigenvalue weighted by Crippen LogP contribution is 2.33. The molecule has 0 aliphatic rings. The molecule has 1 rings (SSSR count). The summed E-state index contributed by atoms with van der Waals surface area (Å²) in [5, 5.41) is 0. The lowest BCUT2D eigenvalue weighted by atomic mass is 9.77. The van der Waals surface area contributed by atoms with E-state index in [1.165, 1.54) is 0 Å². The van der Waals surface area contributed by atoms with Gasteiger partial charge < -0.3 is 15.2 Å². The molecule has 2 N–H and O–H groups in total. The summed E-state index contributed by atoms with van der Waals surface area (Å²) in [5.74, 6) is 1.31. The van der Waals surface area contributed by atoms with E-state index >= 15 is 0 Å². The molecule has 0 heterocycles. The van der Waals surface area contributed by atoms with Crippen LogP contribution in [0.25, 0.3) is 0 Å². The molecule has 0 aliphatic carbocycles. The second-order valence-corrected chi connectivity index (χ2v) is 7.42. The van der Waals surface area contributed by atoms with Crippen molar-refractivity contribution in [3.63, 3.8) is 0 Å². The third-order valence-corrected chi connectivity index (χ3v) is 3.89. The van der Waals surface area contributed by atoms with Crippen molar-refractivity contribution in [1.82, 2.24) is 0 Å². The molecule has 150 valence electrons. The van der Waals surface area contributed by atoms with E-state index in [-0.39, 0.29) is 18.1 Å². The van der Waals surface area contributed by atoms with Crippen LogP contribution in [0.5, 0.6) is 5.75 Å². The Morgan fingerprint density at radius 1 is 1.00 bits per heavy atom. The molecule has 4 nitrogen and oxygen atoms in total. The topological polar surface area (TPSA) is 53.7 Å². The number of rotatable bonds is 10. The van der Waals surface area contributed by atoms with E-state index in [1.54, 1.807) is 6.92 Å². The second kappa shape index (κ2) is 9.58. The molecular weight excluding hydrogens is 347 g/mol. The fourth-order valence-electron chi connectivity index (χ4n) is 2.72. The molecule has 7 heteroatoms. The van der Waals surface area contributed by atoms with Gasteiger partial charge in [-0.2, -0.15) is 0 Å². The van der Waals surface area contributed by atoms with Gasteiger partial charge in [0.05, 0.1) is 13.2 Å². The summed E-state index contributed by atoms with van der Waals surface area (Å²) in [6, 6.07) is 7.58. The van der Waals surface area contributed by atoms with Gasteiger partial charge in [-0.05, 0) is 50.8 Å². The number of hydrogen-bond acceptors (Lipinski definition) is 4. The van der Waals surface area contributed by atoms with Crippen LogP contribution in [0.2, 0.25) is 0 Å². The van der Waals surface area contributed by atoms with Gasteiger partial charge >= 0.3 is 6.36 Å². The normalized spacial score (nSPS) is 15.2. The fourth-order valence-corrected chi connectivity index (χ4v) is 2.72. The van der Waals surface area contributed by atoms with E-state index in [1.807, 2.05) is 38.1 Å². The number of alkyl halides is 3. The van der Waals surface area contributed by atoms with Crippen molar-refractivity contribution in [2.45, 2.75) is 65.1 Å². The molecule has 0 saturated heterocycles. The minimum atomic E-state index is -4.65. The maximum atomic E-state index is 11.9. The van der Waals surface area contributed by atoms with Gasteiger partial charge in [0, 0.05) is 11.5 Å². The first kappa shape index (κ1) is 22.7. The van der Waals surface area contributed by atoms with Gasteiger partial charge in [0.2, 0.25) is 0 Å². The summed E-state index contributed by atoms with van der Waals surface area (Å²) >= 11 is 0. The predicted octanol–water partition coefficient (Wildman–Crippen LogP) is 4.83. The molecule has 0 radical (unpaired) electrons. The van der Waals surface area contributed by atoms with Crippen LogP contribution >= 0.6 is 0 Å². The van der Waals surface area contributed by atoms with Crippen molar-refractivity contribution in [2.75, 3.05) is 13.2 Å². The van der Waals surface area contributed by atoms with Crippen LogP contribution in [0.1, 0.15) is 52.5 Å². The van der Waals surface area contributed by atoms with Crippen LogP contribution in [-0.2, 0) is 9.47 Å². The lowest BCUT2D eigenvalue weighted by Crippen LogP contribution is -2.39. The number of hydrogen-bond donors (Lipinski definition) is 1. The van der Waals surface area contributed by atoms with Crippen molar-refractivity contribution >= 4 is 0 Å². The summed E-state index contributed by atoms with van der Waals surface area (Å²) in [5.41, 5.74) is 7.12. The Balaban J connectivity index is 2.58. The van der Waals surface area contributed by atoms with Crippen LogP contribution in [0, 0.1) is 5.92 Å². The molecule has 0 aromatic heterocycles. The maximum absolute atomic E-state index is 11.9. The molecule has 2 unspecified atom stereocenters. The van der Waals surface area contributed by atoms with Crippen LogP contribution in [-0.4, -0.2) is 31.4 Å². The predicted molar refractivity (Wildman–Crippen MR) is 95.0 cm³/mol. The zero-order valence-electron chi connectivity index (χ0n) is 16.1. The van der Waals surface area contributed by atoms with Gasteiger partial charge in [0.25, 0.3) is 0 Å². The molecule has 0 spiro atoms. The molecular formula is C19H30F3NO3. The number of benzene rings is 1. The Morgan fingerprint density at radius 3 is 2.04 bits per heavy atom. The summed E-state index contributed by atoms with van der Waals surface area (Å²) < 4.78 is 50.0. The minimum absolute atomic E-state index is 0.212. The maximum Gasteiger partial charge on any atom is 0.522 e. The van der Waals surface area contributed by atoms with E-state index < -0.39 is 19.3 Å². The third kappa shape index (κ3) is 8.87. The summed E-state index contributed by atoms with van der Waals surface area (Å²) in [4.78, 5) is 0. The quantitative estimate of drug-likeness (QED) is 0.469. The Morgan fingerprint density at radius 2 is 1.58 bits per heavy atom. The van der Waals surface area contributed by atoms with E-state index in [4.69, 9.17) is 15.2 Å². The third-order valence-electron chi connectivity index (χ3n) is 3.89. The Bertz CT molecular complexity index is 524. The van der Waals surface area contributed by atoms with Crippen LogP contribution in [0.3, 0.4) is 0 Å². The number of nitrogens with two attached hydrogens (primary N) is 1. The Hall–Kier alpha value is -1.31. The van der Waals surface area contributed by atoms with Crippen molar-refractivity contribution in [2.24, 2.45) is 11.7 Å². The SMILES string of the molecule is CC(C)CC(c1ccc(OC(C)OCCOC(F)(F)F)cc1)C(C)(C)N. The highest BCUT2D eigenvalue weighted by molar-refractivity contribution is 5.31. The van der Waals surface area contributed by atoms with Gasteiger partial charge in [0.1, 0.15) is 5.75 Å². The van der Waals surface area contributed by atoms with E-state index in [2.05, 4.69) is 18.6 Å². The number of ether oxygens (including phenoxy) is 3. The molecule has 2 atom stereocenters. The van der Waals surface area contributed by atoms with Crippen molar-refractivity contribution < 1.29 is 27.4 Å². The van der Waals surface area contributed by atoms with E-state index in [0.29, 0.717) is 11.7 Å². The van der Waals surface area contributed by atoms with E-state index in [9.17, 15) is 13.2 Å². The molecule has 0 saturated carbocycles. The standard InChI is InChI=1S/C19H30F3NO3/c1-13(2)12-17(18(4,5)23)15-6-8-16(9-7-15)26-14(3)24-10-11-25-19(20,21)22/h6-9,13-14,17H,10-12,23H2,1-5H3. The minimum Gasteiger partial charge on any atom is -0.465 e. The van der Waals surface area contributed by atoms with Crippen LogP contribution in [0.15, 0.2) is 24.3 Å². The molecule has 1 aromatic carbocycles. The fraction of sp³-hybridized carbons (Fsp3) is 0.684. The summed E-state index contributed by atoms with van der Waals surface area (Å²) in [7, 11) is 0. The first-order chi connectivity index (χ1) is 11.9. The first-order valence-electron chi connectivity index (χ1n) is 8.76. The van der Waals surface area contributed by atoms with Crippen LogP contribution in [0.4, 0.5) is 13.2 Å². The zero-order chi connectivity index (χ0) is 20.0. The molecule has 0 aliphatic heterocycles. The van der Waals surface area contributed by atoms with Gasteiger partial charge in [-0.15, -0.1) is 13.2 Å². The molecule has 0 fully saturated rings. The van der Waals surface area contributed by atoms with Crippen molar-refractivity contribution in [3.05, 3.63) is 29.8 Å². The Kier molecular flexibility index (Phi) is 8.37. The lowest BCUT2D eigenvalue weighted by Gasteiger charge is -2.32. The summed E-state index contributed by atoms with van der Waals surface area (Å²) in [6.45, 7) is 9.20. The average molecular weight is 377 g/mol. The molecule has 0 amide bonds. The van der Waals surface area contributed by atoms with Crippen LogP contribution < -0.4 is 10.5 Å². The highest BCUT2D eigenvalue weighted by Gasteiger charge is 2.29. The van der Waals surface area contributed by atoms with Gasteiger partial charge in [-0.3, -0.25) is 4.74 Å². The van der Waals surface area contributed by atoms with Gasteiger partial charge in [-0.1, -0.05) is 26.0 Å². The van der Waals surface area contributed by atoms with Gasteiger partial charge in [-0.25, -0.2) is 0 Å². The molecule has 0 bridgehead atoms. The van der Waals surface area contributed by atoms with Gasteiger partial charge in [0.15, 0.2) is 6.29 Å². The second-order valence-electron chi connectivity index (χ2n) is 7.42. The highest BCUT2D eigenvalue weighted by atomic mass is 19.4. The van der Waals surface area contributed by atoms with E-state index in [0.717, 1.165) is 12.0 Å². The molecule has 1 aromatic rings. The monoisotopic (exact) mass is 377 g/mol. The summed E-state index contributed by atoms with van der Waals surface area (Å²) in [6.07, 6.45) is -4.36. The van der Waals surface area contributed by atoms with Crippen molar-refractivity contribution in [3.8, 4) is 5.75 Å². The van der Waals surface area contributed by atoms with Crippen molar-refractivity contribution in [1.29, 1.82) is 0 Å². The average Bonchev–Trinajstić information content (AvgIpc) is 2.48. The zero-order valence-corrected chi connectivity index (χ0v) is 16.1. The largest absolute Gasteiger partial charge is 0.522 e.